The Hall–Kier alpha value is -1.36. The van der Waals surface area contributed by atoms with Crippen LogP contribution in [0.4, 0.5) is 0 Å². The molecule has 0 aromatic carbocycles. The van der Waals surface area contributed by atoms with E-state index in [-0.39, 0.29) is 6.10 Å². The number of hydrogen-bond donors (Lipinski definition) is 1. The third kappa shape index (κ3) is 2.56. The van der Waals surface area contributed by atoms with E-state index in [1.54, 1.807) is 6.20 Å². The van der Waals surface area contributed by atoms with E-state index in [4.69, 9.17) is 9.47 Å². The molecular weight excluding hydrogens is 194 g/mol. The minimum atomic E-state index is 0.0984. The predicted molar refractivity (Wildman–Crippen MR) is 55.0 cm³/mol. The van der Waals surface area contributed by atoms with Gasteiger partial charge in [0.2, 0.25) is 11.8 Å². The number of fused-ring (bicyclic) bond motifs is 1. The van der Waals surface area contributed by atoms with Crippen LogP contribution in [0.25, 0.3) is 0 Å². The largest absolute Gasteiger partial charge is 0.475 e. The van der Waals surface area contributed by atoms with E-state index in [9.17, 15) is 0 Å². The third-order valence-electron chi connectivity index (χ3n) is 1.96. The second-order valence-corrected chi connectivity index (χ2v) is 3.65. The molecule has 0 fully saturated rings. The molecule has 82 valence electrons. The van der Waals surface area contributed by atoms with Crippen molar-refractivity contribution in [3.05, 3.63) is 11.9 Å². The lowest BCUT2D eigenvalue weighted by molar-refractivity contribution is 0.225. The Labute approximate surface area is 88.8 Å². The summed E-state index contributed by atoms with van der Waals surface area (Å²) in [7, 11) is 0. The van der Waals surface area contributed by atoms with Gasteiger partial charge in [-0.3, -0.25) is 0 Å². The molecule has 2 heterocycles. The first-order valence-electron chi connectivity index (χ1n) is 5.12. The summed E-state index contributed by atoms with van der Waals surface area (Å²) >= 11 is 0. The third-order valence-corrected chi connectivity index (χ3v) is 1.96. The fourth-order valence-electron chi connectivity index (χ4n) is 1.34. The van der Waals surface area contributed by atoms with Crippen molar-refractivity contribution in [1.82, 2.24) is 15.3 Å². The van der Waals surface area contributed by atoms with Gasteiger partial charge in [-0.05, 0) is 13.8 Å². The molecule has 0 unspecified atom stereocenters. The zero-order valence-corrected chi connectivity index (χ0v) is 8.99. The van der Waals surface area contributed by atoms with Gasteiger partial charge in [0, 0.05) is 13.1 Å². The van der Waals surface area contributed by atoms with Gasteiger partial charge in [-0.2, -0.15) is 4.98 Å². The van der Waals surface area contributed by atoms with Crippen molar-refractivity contribution < 1.29 is 9.47 Å². The fourth-order valence-corrected chi connectivity index (χ4v) is 1.34. The molecule has 1 aromatic rings. The average molecular weight is 209 g/mol. The Morgan fingerprint density at radius 2 is 2.40 bits per heavy atom. The van der Waals surface area contributed by atoms with Crippen LogP contribution >= 0.6 is 0 Å². The summed E-state index contributed by atoms with van der Waals surface area (Å²) in [5.41, 5.74) is 0.837. The van der Waals surface area contributed by atoms with Crippen molar-refractivity contribution in [3.63, 3.8) is 0 Å². The summed E-state index contributed by atoms with van der Waals surface area (Å²) in [5, 5.41) is 3.20. The topological polar surface area (TPSA) is 56.3 Å². The molecule has 5 nitrogen and oxygen atoms in total. The van der Waals surface area contributed by atoms with Crippen LogP contribution in [0, 0.1) is 0 Å². The highest BCUT2D eigenvalue weighted by molar-refractivity contribution is 5.23. The summed E-state index contributed by atoms with van der Waals surface area (Å²) < 4.78 is 10.9. The van der Waals surface area contributed by atoms with Crippen molar-refractivity contribution in [2.24, 2.45) is 0 Å². The Morgan fingerprint density at radius 3 is 3.20 bits per heavy atom. The Balaban J connectivity index is 2.20. The summed E-state index contributed by atoms with van der Waals surface area (Å²) in [6.07, 6.45) is 1.73. The van der Waals surface area contributed by atoms with E-state index in [1.165, 1.54) is 0 Å². The number of nitrogens with one attached hydrogen (secondary N) is 1. The molecule has 1 aliphatic rings. The first-order valence-corrected chi connectivity index (χ1v) is 5.12. The van der Waals surface area contributed by atoms with Crippen molar-refractivity contribution in [2.75, 3.05) is 13.2 Å². The molecule has 1 N–H and O–H groups in total. The number of nitrogens with zero attached hydrogens (tertiary/aromatic N) is 2. The zero-order chi connectivity index (χ0) is 10.7. The number of aromatic nitrogens is 2. The highest BCUT2D eigenvalue weighted by atomic mass is 16.5. The molecule has 5 heteroatoms. The Morgan fingerprint density at radius 1 is 1.53 bits per heavy atom. The summed E-state index contributed by atoms with van der Waals surface area (Å²) in [4.78, 5) is 8.52. The maximum Gasteiger partial charge on any atom is 0.240 e. The van der Waals surface area contributed by atoms with Crippen molar-refractivity contribution >= 4 is 0 Å². The van der Waals surface area contributed by atoms with Gasteiger partial charge < -0.3 is 14.8 Å². The highest BCUT2D eigenvalue weighted by Gasteiger charge is 2.13. The molecule has 0 saturated heterocycles. The first kappa shape index (κ1) is 10.2. The molecule has 0 atom stereocenters. The molecule has 2 rings (SSSR count). The Bertz CT molecular complexity index is 341. The quantitative estimate of drug-likeness (QED) is 0.778. The SMILES string of the molecule is CC(C)Oc1cnc2c(n1)OCCNC2. The van der Waals surface area contributed by atoms with Crippen LogP contribution in [0.3, 0.4) is 0 Å². The standard InChI is InChI=1S/C10H15N3O2/c1-7(2)15-9-6-12-8-5-11-3-4-14-10(8)13-9/h6-7,11H,3-5H2,1-2H3. The molecule has 0 amide bonds. The van der Waals surface area contributed by atoms with Gasteiger partial charge in [0.1, 0.15) is 12.3 Å². The lowest BCUT2D eigenvalue weighted by Crippen LogP contribution is -2.16. The predicted octanol–water partition coefficient (Wildman–Crippen LogP) is 0.746. The minimum absolute atomic E-state index is 0.0984. The van der Waals surface area contributed by atoms with Crippen molar-refractivity contribution in [1.29, 1.82) is 0 Å². The Kier molecular flexibility index (Phi) is 3.01. The summed E-state index contributed by atoms with van der Waals surface area (Å²) in [5.74, 6) is 1.10. The van der Waals surface area contributed by atoms with E-state index in [2.05, 4.69) is 15.3 Å². The van der Waals surface area contributed by atoms with Crippen molar-refractivity contribution in [2.45, 2.75) is 26.5 Å². The monoisotopic (exact) mass is 209 g/mol. The number of hydrogen-bond acceptors (Lipinski definition) is 5. The van der Waals surface area contributed by atoms with Crippen LogP contribution < -0.4 is 14.8 Å². The zero-order valence-electron chi connectivity index (χ0n) is 8.99. The summed E-state index contributed by atoms with van der Waals surface area (Å²) in [6.45, 7) is 6.04. The van der Waals surface area contributed by atoms with Crippen LogP contribution in [0.2, 0.25) is 0 Å². The van der Waals surface area contributed by atoms with Crippen molar-refractivity contribution in [3.8, 4) is 11.8 Å². The maximum atomic E-state index is 5.45. The first-order chi connectivity index (χ1) is 7.25. The van der Waals surface area contributed by atoms with Gasteiger partial charge in [0.15, 0.2) is 0 Å². The van der Waals surface area contributed by atoms with Gasteiger partial charge >= 0.3 is 0 Å². The molecule has 1 aliphatic heterocycles. The van der Waals surface area contributed by atoms with Gasteiger partial charge in [-0.1, -0.05) is 0 Å². The van der Waals surface area contributed by atoms with Gasteiger partial charge in [-0.15, -0.1) is 0 Å². The van der Waals surface area contributed by atoms with Crippen LogP contribution in [-0.4, -0.2) is 29.2 Å². The second-order valence-electron chi connectivity index (χ2n) is 3.65. The number of rotatable bonds is 2. The molecule has 15 heavy (non-hydrogen) atoms. The second kappa shape index (κ2) is 4.44. The van der Waals surface area contributed by atoms with E-state index in [0.29, 0.717) is 24.9 Å². The van der Waals surface area contributed by atoms with E-state index in [1.807, 2.05) is 13.8 Å². The van der Waals surface area contributed by atoms with E-state index in [0.717, 1.165) is 12.2 Å². The van der Waals surface area contributed by atoms with Crippen LogP contribution in [0.5, 0.6) is 11.8 Å². The van der Waals surface area contributed by atoms with Crippen LogP contribution in [-0.2, 0) is 6.54 Å². The molecule has 1 aromatic heterocycles. The highest BCUT2D eigenvalue weighted by Crippen LogP contribution is 2.19. The molecule has 0 saturated carbocycles. The molecular formula is C10H15N3O2. The molecule has 0 aliphatic carbocycles. The lowest BCUT2D eigenvalue weighted by atomic mass is 10.4. The smallest absolute Gasteiger partial charge is 0.240 e. The summed E-state index contributed by atoms with van der Waals surface area (Å²) in [6, 6.07) is 0. The van der Waals surface area contributed by atoms with Crippen LogP contribution in [0.1, 0.15) is 19.5 Å². The molecule has 0 spiro atoms. The van der Waals surface area contributed by atoms with Crippen LogP contribution in [0.15, 0.2) is 6.20 Å². The van der Waals surface area contributed by atoms with Gasteiger partial charge in [0.05, 0.1) is 12.3 Å². The molecule has 0 radical (unpaired) electrons. The lowest BCUT2D eigenvalue weighted by Gasteiger charge is -2.10. The van der Waals surface area contributed by atoms with Gasteiger partial charge in [-0.25, -0.2) is 4.98 Å². The average Bonchev–Trinajstić information content (AvgIpc) is 2.41. The maximum absolute atomic E-state index is 5.45. The number of ether oxygens (including phenoxy) is 2. The molecule has 0 bridgehead atoms. The normalized spacial score (nSPS) is 15.4. The fraction of sp³-hybridized carbons (Fsp3) is 0.600. The van der Waals surface area contributed by atoms with E-state index >= 15 is 0 Å². The minimum Gasteiger partial charge on any atom is -0.475 e. The van der Waals surface area contributed by atoms with E-state index < -0.39 is 0 Å². The van der Waals surface area contributed by atoms with Gasteiger partial charge in [0.25, 0.3) is 0 Å².